The number of pyridine rings is 1. The zero-order valence-electron chi connectivity index (χ0n) is 19.4. The minimum Gasteiger partial charge on any atom is -0.496 e. The summed E-state index contributed by atoms with van der Waals surface area (Å²) in [6.45, 7) is 4.26. The van der Waals surface area contributed by atoms with Crippen molar-refractivity contribution >= 4 is 22.8 Å². The molecule has 168 valence electrons. The molecule has 0 bridgehead atoms. The van der Waals surface area contributed by atoms with E-state index in [4.69, 9.17) is 4.74 Å². The van der Waals surface area contributed by atoms with E-state index in [9.17, 15) is 4.79 Å². The number of carbonyl (C=O) groups is 1. The zero-order valence-corrected chi connectivity index (χ0v) is 19.4. The molecule has 1 aromatic heterocycles. The quantitative estimate of drug-likeness (QED) is 0.373. The van der Waals surface area contributed by atoms with E-state index >= 15 is 0 Å². The molecule has 4 nitrogen and oxygen atoms in total. The van der Waals surface area contributed by atoms with Crippen LogP contribution in [0, 0.1) is 0 Å². The van der Waals surface area contributed by atoms with Crippen molar-refractivity contribution in [3.63, 3.8) is 0 Å². The number of nitrogens with zero attached hydrogens (tertiary/aromatic N) is 1. The molecular formula is C28H34N2O2. The lowest BCUT2D eigenvalue weighted by atomic mass is 9.94. The van der Waals surface area contributed by atoms with E-state index in [-0.39, 0.29) is 11.9 Å². The lowest BCUT2D eigenvalue weighted by Gasteiger charge is -2.15. The molecule has 0 aliphatic heterocycles. The molecule has 0 aliphatic carbocycles. The number of aryl methyl sites for hydroxylation is 2. The van der Waals surface area contributed by atoms with Gasteiger partial charge in [0.25, 0.3) is 0 Å². The summed E-state index contributed by atoms with van der Waals surface area (Å²) < 4.78 is 5.64. The molecule has 0 saturated heterocycles. The SMILES string of the molecule is CCCCc1c(/C=C/C(=O)NC(C)CCCc2cccnc2)cc(OC)c2ccccc12. The molecule has 2 aromatic carbocycles. The van der Waals surface area contributed by atoms with Gasteiger partial charge in [-0.15, -0.1) is 0 Å². The molecule has 0 radical (unpaired) electrons. The van der Waals surface area contributed by atoms with Gasteiger partial charge < -0.3 is 10.1 Å². The van der Waals surface area contributed by atoms with Gasteiger partial charge in [-0.2, -0.15) is 0 Å². The predicted molar refractivity (Wildman–Crippen MR) is 133 cm³/mol. The average molecular weight is 431 g/mol. The molecule has 1 amide bonds. The van der Waals surface area contributed by atoms with Gasteiger partial charge >= 0.3 is 0 Å². The molecule has 3 rings (SSSR count). The first-order valence-corrected chi connectivity index (χ1v) is 11.6. The van der Waals surface area contributed by atoms with E-state index in [2.05, 4.69) is 54.5 Å². The Bertz CT molecular complexity index is 1040. The maximum absolute atomic E-state index is 12.6. The number of unbranched alkanes of at least 4 members (excludes halogenated alkanes) is 1. The molecule has 0 spiro atoms. The van der Waals surface area contributed by atoms with Crippen LogP contribution in [-0.2, 0) is 17.6 Å². The lowest BCUT2D eigenvalue weighted by molar-refractivity contribution is -0.117. The topological polar surface area (TPSA) is 51.2 Å². The van der Waals surface area contributed by atoms with Crippen molar-refractivity contribution in [1.82, 2.24) is 10.3 Å². The van der Waals surface area contributed by atoms with Crippen LogP contribution in [0.2, 0.25) is 0 Å². The van der Waals surface area contributed by atoms with E-state index in [0.29, 0.717) is 0 Å². The van der Waals surface area contributed by atoms with E-state index in [1.807, 2.05) is 24.4 Å². The number of methoxy groups -OCH3 is 1. The number of hydrogen-bond donors (Lipinski definition) is 1. The largest absolute Gasteiger partial charge is 0.496 e. The summed E-state index contributed by atoms with van der Waals surface area (Å²) in [5.74, 6) is 0.775. The van der Waals surface area contributed by atoms with Crippen LogP contribution in [0.4, 0.5) is 0 Å². The van der Waals surface area contributed by atoms with Crippen LogP contribution in [0.15, 0.2) is 60.9 Å². The summed E-state index contributed by atoms with van der Waals surface area (Å²) >= 11 is 0. The molecule has 0 aliphatic rings. The second kappa shape index (κ2) is 12.0. The van der Waals surface area contributed by atoms with Crippen molar-refractivity contribution in [2.45, 2.75) is 58.4 Å². The number of rotatable bonds is 11. The van der Waals surface area contributed by atoms with Crippen LogP contribution in [-0.4, -0.2) is 24.0 Å². The number of amides is 1. The second-order valence-corrected chi connectivity index (χ2v) is 8.29. The Kier molecular flexibility index (Phi) is 8.85. The number of hydrogen-bond acceptors (Lipinski definition) is 3. The van der Waals surface area contributed by atoms with E-state index in [0.717, 1.165) is 55.2 Å². The molecule has 3 aromatic rings. The minimum absolute atomic E-state index is 0.0626. The number of ether oxygens (including phenoxy) is 1. The van der Waals surface area contributed by atoms with Crippen LogP contribution in [0.1, 0.15) is 56.2 Å². The fourth-order valence-electron chi connectivity index (χ4n) is 4.06. The Balaban J connectivity index is 1.67. The Labute approximate surface area is 191 Å². The van der Waals surface area contributed by atoms with Gasteiger partial charge in [-0.25, -0.2) is 0 Å². The highest BCUT2D eigenvalue weighted by Gasteiger charge is 2.11. The molecule has 1 atom stereocenters. The third-order valence-electron chi connectivity index (χ3n) is 5.78. The van der Waals surface area contributed by atoms with Crippen LogP contribution < -0.4 is 10.1 Å². The van der Waals surface area contributed by atoms with Crippen LogP contribution in [0.3, 0.4) is 0 Å². The first kappa shape index (κ1) is 23.5. The number of nitrogens with one attached hydrogen (secondary N) is 1. The Hall–Kier alpha value is -3.14. The highest BCUT2D eigenvalue weighted by Crippen LogP contribution is 2.33. The Morgan fingerprint density at radius 1 is 1.12 bits per heavy atom. The molecule has 1 N–H and O–H groups in total. The van der Waals surface area contributed by atoms with Gasteiger partial charge in [-0.1, -0.05) is 43.7 Å². The van der Waals surface area contributed by atoms with Crippen molar-refractivity contribution in [2.75, 3.05) is 7.11 Å². The van der Waals surface area contributed by atoms with Crippen molar-refractivity contribution < 1.29 is 9.53 Å². The Morgan fingerprint density at radius 3 is 2.66 bits per heavy atom. The van der Waals surface area contributed by atoms with Crippen molar-refractivity contribution in [1.29, 1.82) is 0 Å². The van der Waals surface area contributed by atoms with Crippen LogP contribution in [0.5, 0.6) is 5.75 Å². The number of carbonyl (C=O) groups excluding carboxylic acids is 1. The third-order valence-corrected chi connectivity index (χ3v) is 5.78. The fraction of sp³-hybridized carbons (Fsp3) is 0.357. The predicted octanol–water partition coefficient (Wildman–Crippen LogP) is 6.13. The van der Waals surface area contributed by atoms with Crippen molar-refractivity contribution in [3.05, 3.63) is 77.6 Å². The molecular weight excluding hydrogens is 396 g/mol. The third kappa shape index (κ3) is 6.43. The van der Waals surface area contributed by atoms with E-state index in [1.165, 1.54) is 16.5 Å². The number of aromatic nitrogens is 1. The first-order chi connectivity index (χ1) is 15.6. The summed E-state index contributed by atoms with van der Waals surface area (Å²) in [5, 5.41) is 5.41. The molecule has 1 heterocycles. The minimum atomic E-state index is -0.0626. The highest BCUT2D eigenvalue weighted by molar-refractivity contribution is 5.96. The van der Waals surface area contributed by atoms with Crippen molar-refractivity contribution in [3.8, 4) is 5.75 Å². The smallest absolute Gasteiger partial charge is 0.244 e. The molecule has 32 heavy (non-hydrogen) atoms. The first-order valence-electron chi connectivity index (χ1n) is 11.6. The number of fused-ring (bicyclic) bond motifs is 1. The standard InChI is InChI=1S/C28H34N2O2/c1-4-5-13-24-23(19-27(32-3)26-15-7-6-14-25(24)26)16-17-28(31)30-21(2)10-8-11-22-12-9-18-29-20-22/h6-7,9,12,14-21H,4-5,8,10-11,13H2,1-3H3,(H,30,31)/b17-16+. The van der Waals surface area contributed by atoms with Gasteiger partial charge in [0, 0.05) is 29.9 Å². The molecule has 0 fully saturated rings. The summed E-state index contributed by atoms with van der Waals surface area (Å²) in [4.78, 5) is 16.7. The van der Waals surface area contributed by atoms with Gasteiger partial charge in [0.15, 0.2) is 0 Å². The normalized spacial score (nSPS) is 12.2. The summed E-state index contributed by atoms with van der Waals surface area (Å²) in [7, 11) is 1.70. The van der Waals surface area contributed by atoms with Crippen LogP contribution in [0.25, 0.3) is 16.8 Å². The van der Waals surface area contributed by atoms with Gasteiger partial charge in [-0.3, -0.25) is 9.78 Å². The lowest BCUT2D eigenvalue weighted by Crippen LogP contribution is -2.31. The monoisotopic (exact) mass is 430 g/mol. The maximum atomic E-state index is 12.6. The summed E-state index contributed by atoms with van der Waals surface area (Å²) in [6, 6.07) is 14.6. The Morgan fingerprint density at radius 2 is 1.94 bits per heavy atom. The van der Waals surface area contributed by atoms with Gasteiger partial charge in [0.2, 0.25) is 5.91 Å². The molecule has 4 heteroatoms. The highest BCUT2D eigenvalue weighted by atomic mass is 16.5. The zero-order chi connectivity index (χ0) is 22.8. The van der Waals surface area contributed by atoms with Crippen LogP contribution >= 0.6 is 0 Å². The van der Waals surface area contributed by atoms with E-state index < -0.39 is 0 Å². The fourth-order valence-corrected chi connectivity index (χ4v) is 4.06. The number of benzene rings is 2. The van der Waals surface area contributed by atoms with Crippen molar-refractivity contribution in [2.24, 2.45) is 0 Å². The summed E-state index contributed by atoms with van der Waals surface area (Å²) in [5.41, 5.74) is 3.56. The van der Waals surface area contributed by atoms with Gasteiger partial charge in [-0.05, 0) is 79.3 Å². The second-order valence-electron chi connectivity index (χ2n) is 8.29. The van der Waals surface area contributed by atoms with Gasteiger partial charge in [0.1, 0.15) is 5.75 Å². The maximum Gasteiger partial charge on any atom is 0.244 e. The molecule has 0 saturated carbocycles. The average Bonchev–Trinajstić information content (AvgIpc) is 2.82. The van der Waals surface area contributed by atoms with Gasteiger partial charge in [0.05, 0.1) is 7.11 Å². The van der Waals surface area contributed by atoms with E-state index in [1.54, 1.807) is 19.4 Å². The summed E-state index contributed by atoms with van der Waals surface area (Å²) in [6.07, 6.45) is 13.4. The molecule has 1 unspecified atom stereocenters.